The molecule has 7 heterocycles. The van der Waals surface area contributed by atoms with Gasteiger partial charge in [-0.05, 0) is 196 Å². The van der Waals surface area contributed by atoms with E-state index in [1.165, 1.54) is 0 Å². The van der Waals surface area contributed by atoms with Crippen LogP contribution in [0.2, 0.25) is 0 Å². The highest BCUT2D eigenvalue weighted by molar-refractivity contribution is 7.02. The lowest BCUT2D eigenvalue weighted by molar-refractivity contribution is 0.489. The van der Waals surface area contributed by atoms with E-state index >= 15 is 0 Å². The first-order valence-corrected chi connectivity index (χ1v) is 41.7. The van der Waals surface area contributed by atoms with Crippen molar-refractivity contribution in [1.29, 1.82) is 0 Å². The van der Waals surface area contributed by atoms with E-state index in [0.717, 1.165) is 54.2 Å². The lowest BCUT2D eigenvalue weighted by Gasteiger charge is -2.47. The Balaban J connectivity index is 0.967. The van der Waals surface area contributed by atoms with Gasteiger partial charge >= 0.3 is 0 Å². The summed E-state index contributed by atoms with van der Waals surface area (Å²) in [6, 6.07) is 71.4. The van der Waals surface area contributed by atoms with E-state index in [9.17, 15) is 26.0 Å². The van der Waals surface area contributed by atoms with Gasteiger partial charge in [-0.1, -0.05) is 338 Å². The first-order valence-electron chi connectivity index (χ1n) is 52.7. The van der Waals surface area contributed by atoms with Crippen LogP contribution in [-0.2, 0) is 10.8 Å². The Morgan fingerprint density at radius 3 is 1.32 bits per heavy atom. The molecule has 0 saturated carbocycles. The van der Waals surface area contributed by atoms with Crippen LogP contribution in [0.5, 0.6) is 11.5 Å². The van der Waals surface area contributed by atoms with Crippen LogP contribution in [0.3, 0.4) is 0 Å². The number of ether oxygens (including phenoxy) is 1. The average molecular weight is 1610 g/mol. The van der Waals surface area contributed by atoms with Crippen molar-refractivity contribution in [3.8, 4) is 95.3 Å². The second-order valence-electron chi connectivity index (χ2n) is 34.5. The van der Waals surface area contributed by atoms with Gasteiger partial charge in [0, 0.05) is 88.5 Å². The minimum Gasteiger partial charge on any atom is -0.456 e. The summed E-state index contributed by atoms with van der Waals surface area (Å²) in [6.45, 7) is 10.1. The highest BCUT2D eigenvalue weighted by Crippen LogP contribution is 2.58. The Bertz CT molecular complexity index is 9200. The van der Waals surface area contributed by atoms with Crippen LogP contribution in [0.15, 0.2) is 394 Å². The van der Waals surface area contributed by atoms with Gasteiger partial charge in [0.2, 0.25) is 0 Å². The van der Waals surface area contributed by atoms with Gasteiger partial charge < -0.3 is 28.2 Å². The second kappa shape index (κ2) is 27.2. The van der Waals surface area contributed by atoms with Gasteiger partial charge in [0.05, 0.1) is 80.5 Å². The van der Waals surface area contributed by atoms with Crippen LogP contribution >= 0.6 is 0 Å². The zero-order valence-electron chi connectivity index (χ0n) is 90.1. The molecule has 4 aliphatic heterocycles. The number of nitrogens with zero attached hydrogens (tertiary/aromatic N) is 5. The zero-order chi connectivity index (χ0) is 102. The number of fused-ring (bicyclic) bond motifs is 18. The third-order valence-corrected chi connectivity index (χ3v) is 25.5. The van der Waals surface area contributed by atoms with E-state index < -0.39 is 185 Å². The van der Waals surface area contributed by atoms with Crippen LogP contribution in [0, 0.1) is 0 Å². The summed E-state index contributed by atoms with van der Waals surface area (Å²) < 4.78 is 237. The van der Waals surface area contributed by atoms with E-state index in [-0.39, 0.29) is 77.5 Å². The Morgan fingerprint density at radius 1 is 0.274 bits per heavy atom. The first-order chi connectivity index (χ1) is 70.0. The lowest BCUT2D eigenvalue weighted by Crippen LogP contribution is -2.64. The number of anilines is 6. The molecule has 25 rings (SSSR count). The summed E-state index contributed by atoms with van der Waals surface area (Å²) in [5, 5.41) is 0.739. The Morgan fingerprint density at radius 2 is 0.758 bits per heavy atom. The van der Waals surface area contributed by atoms with Gasteiger partial charge in [0.25, 0.3) is 13.4 Å². The molecule has 584 valence electrons. The number of hydrogen-bond acceptors (Lipinski definition) is 3. The Kier molecular flexibility index (Phi) is 11.6. The fraction of sp³-hybridized carbons (Fsp3) is 0.0690. The molecule has 124 heavy (non-hydrogen) atoms. The van der Waals surface area contributed by atoms with Crippen molar-refractivity contribution in [2.45, 2.75) is 52.4 Å². The molecule has 8 heteroatoms. The predicted octanol–water partition coefficient (Wildman–Crippen LogP) is 26.6. The van der Waals surface area contributed by atoms with Crippen LogP contribution in [0.4, 0.5) is 34.1 Å². The van der Waals surface area contributed by atoms with Crippen molar-refractivity contribution in [1.82, 2.24) is 13.7 Å². The third-order valence-electron chi connectivity index (χ3n) is 25.5. The van der Waals surface area contributed by atoms with Crippen LogP contribution < -0.4 is 47.3 Å². The molecule has 0 amide bonds. The number of rotatable bonds is 10. The predicted molar refractivity (Wildman–Crippen MR) is 525 cm³/mol. The monoisotopic (exact) mass is 1610 g/mol. The largest absolute Gasteiger partial charge is 0.456 e. The summed E-state index contributed by atoms with van der Waals surface area (Å²) in [5.41, 5.74) is 11.0. The van der Waals surface area contributed by atoms with Crippen LogP contribution in [-0.4, -0.2) is 27.1 Å². The molecule has 18 aromatic carbocycles. The van der Waals surface area contributed by atoms with Gasteiger partial charge in [-0.25, -0.2) is 0 Å². The number of benzene rings is 18. The molecule has 0 atom stereocenters. The van der Waals surface area contributed by atoms with E-state index in [1.807, 2.05) is 181 Å². The summed E-state index contributed by atoms with van der Waals surface area (Å²) in [7, 11) is 0. The van der Waals surface area contributed by atoms with Crippen molar-refractivity contribution >= 4 is 146 Å². The summed E-state index contributed by atoms with van der Waals surface area (Å²) in [4.78, 5) is 4.25. The molecule has 0 aliphatic carbocycles. The van der Waals surface area contributed by atoms with Crippen molar-refractivity contribution in [3.05, 3.63) is 405 Å². The van der Waals surface area contributed by atoms with Crippen molar-refractivity contribution in [3.63, 3.8) is 0 Å². The standard InChI is InChI=1S/C116H83B2N5O/c1-115(2,3)80-64-89(74-38-17-9-18-39-74)110(90(65-80)75-40-19-10-20-41-75)122-103-68-82(119-98-52-29-25-46-84(98)85-47-26-30-53-99(85)119)58-60-94(103)117-97-71-106-109-114(124-107-63-79(73-36-15-8-16-37-73)56-59-95(107)118(109)96-51-33-50-88-93-62-78(72-34-13-7-14-35-72)57-61-102(93)121(106)112(88)96)113(97)123(105-70-83(69-104(122)108(105)117)120-100-54-31-27-48-86(100)87-49-28-32-55-101(87)120)111-91(76-42-21-11-22-43-76)66-81(116(4,5)6)67-92(111)77-44-23-12-24-45-77/h7-71H,1-6H3/i7D,13D,14D,25D,26D,29D,30D,33D,34D,35D,46D,47D,50D,51D,52D,53D,57D,58D,60D,61D,62D,68D. The molecule has 0 unspecified atom stereocenters. The van der Waals surface area contributed by atoms with Gasteiger partial charge in [-0.2, -0.15) is 0 Å². The molecule has 0 bridgehead atoms. The molecule has 3 aromatic heterocycles. The maximum absolute atomic E-state index is 12.3. The normalized spacial score (nSPS) is 15.6. The quantitative estimate of drug-likeness (QED) is 0.128. The van der Waals surface area contributed by atoms with Crippen LogP contribution in [0.25, 0.3) is 149 Å². The average Bonchev–Trinajstić information content (AvgIpc) is 1.12. The smallest absolute Gasteiger partial charge is 0.256 e. The molecular formula is C116H83B2N5O. The molecule has 0 N–H and O–H groups in total. The Hall–Kier alpha value is -15.1. The van der Waals surface area contributed by atoms with Gasteiger partial charge in [-0.3, -0.25) is 0 Å². The molecule has 0 spiro atoms. The van der Waals surface area contributed by atoms with E-state index in [2.05, 4.69) is 136 Å². The number of para-hydroxylation sites is 5. The topological polar surface area (TPSA) is 30.5 Å². The summed E-state index contributed by atoms with van der Waals surface area (Å²) in [6.07, 6.45) is 0. The SMILES string of the molecule is [2H]c1c([2H])c([2H])c(-c2c([2H])c([2H])c3c(c2[2H])c2c([2H])c([2H])c([2H])c4c2n3-c2cc3c(c5c2B4c2ccc(-c4ccccc4)cc2O5)N(c2c(-c4ccccc4)cc(C(C)(C)C)cc2-c2ccccc2)c2cc(-n4c5ccccc5c5ccccc54)cc4c2B3c2c([2H])c([2H])c(-n3c5c([2H])c([2H])c([2H])c([2H])c5c5c([2H])c([2H])c([2H])c([2H])c53)c([2H])c2N4c2c(-c3ccccc3)cc(C(C)(C)C)cc2-c2ccccc2)c([2H])c1[2H]. The van der Waals surface area contributed by atoms with Crippen molar-refractivity contribution in [2.75, 3.05) is 9.80 Å². The zero-order valence-corrected chi connectivity index (χ0v) is 68.1. The highest BCUT2D eigenvalue weighted by Gasteiger charge is 2.52. The summed E-state index contributed by atoms with van der Waals surface area (Å²) in [5.74, 6) is 0.355. The minimum absolute atomic E-state index is 0.0165. The molecule has 21 aromatic rings. The van der Waals surface area contributed by atoms with Gasteiger partial charge in [0.15, 0.2) is 0 Å². The van der Waals surface area contributed by atoms with Crippen LogP contribution in [0.1, 0.15) is 82.8 Å². The molecule has 0 radical (unpaired) electrons. The maximum Gasteiger partial charge on any atom is 0.256 e. The number of aromatic nitrogens is 3. The first kappa shape index (κ1) is 52.8. The second-order valence-corrected chi connectivity index (χ2v) is 34.5. The fourth-order valence-corrected chi connectivity index (χ4v) is 19.8. The minimum atomic E-state index is -1.52. The van der Waals surface area contributed by atoms with Crippen molar-refractivity contribution in [2.24, 2.45) is 0 Å². The lowest BCUT2D eigenvalue weighted by atomic mass is 9.31. The fourth-order valence-electron chi connectivity index (χ4n) is 19.8. The molecule has 6 nitrogen and oxygen atoms in total. The summed E-state index contributed by atoms with van der Waals surface area (Å²) >= 11 is 0. The highest BCUT2D eigenvalue weighted by atomic mass is 16.5. The van der Waals surface area contributed by atoms with E-state index in [1.54, 1.807) is 4.57 Å². The number of hydrogen-bond donors (Lipinski definition) is 0. The molecule has 0 saturated heterocycles. The third kappa shape index (κ3) is 10.8. The Labute approximate surface area is 753 Å². The van der Waals surface area contributed by atoms with E-state index in [0.29, 0.717) is 83.8 Å². The maximum atomic E-state index is 12.3. The van der Waals surface area contributed by atoms with Gasteiger partial charge in [-0.15, -0.1) is 0 Å². The molecule has 4 aliphatic rings. The van der Waals surface area contributed by atoms with Crippen molar-refractivity contribution < 1.29 is 34.9 Å². The van der Waals surface area contributed by atoms with E-state index in [4.69, 9.17) is 8.85 Å². The molecule has 0 fully saturated rings. The van der Waals surface area contributed by atoms with Gasteiger partial charge in [0.1, 0.15) is 11.5 Å². The molecular weight excluding hydrogens is 1500 g/mol.